The molecule has 0 spiro atoms. The second kappa shape index (κ2) is 5.59. The van der Waals surface area contributed by atoms with Gasteiger partial charge in [-0.15, -0.1) is 11.3 Å². The maximum atomic E-state index is 14.0. The summed E-state index contributed by atoms with van der Waals surface area (Å²) in [5, 5.41) is 10.2. The number of rotatable bonds is 2. The van der Waals surface area contributed by atoms with Crippen LogP contribution in [0, 0.1) is 12.7 Å². The first-order valence-electron chi connectivity index (χ1n) is 4.99. The van der Waals surface area contributed by atoms with Crippen molar-refractivity contribution in [2.45, 2.75) is 13.0 Å². The molecule has 1 heterocycles. The Morgan fingerprint density at radius 1 is 1.33 bits per heavy atom. The Hall–Kier alpha value is 0.0600. The SMILES string of the molecule is Cc1sc(C(O)c2ccc(Br)c(Cl)c2F)cc1Br. The molecule has 1 N–H and O–H groups in total. The van der Waals surface area contributed by atoms with E-state index >= 15 is 0 Å². The minimum Gasteiger partial charge on any atom is -0.383 e. The van der Waals surface area contributed by atoms with E-state index in [2.05, 4.69) is 31.9 Å². The van der Waals surface area contributed by atoms with Gasteiger partial charge >= 0.3 is 0 Å². The molecule has 0 aliphatic carbocycles. The Labute approximate surface area is 130 Å². The van der Waals surface area contributed by atoms with Gasteiger partial charge in [-0.25, -0.2) is 4.39 Å². The molecule has 6 heteroatoms. The largest absolute Gasteiger partial charge is 0.383 e. The predicted octanol–water partition coefficient (Wildman–Crippen LogP) is 5.46. The lowest BCUT2D eigenvalue weighted by atomic mass is 10.1. The van der Waals surface area contributed by atoms with Gasteiger partial charge in [0, 0.05) is 24.3 Å². The summed E-state index contributed by atoms with van der Waals surface area (Å²) in [6.07, 6.45) is -1.01. The van der Waals surface area contributed by atoms with Crippen molar-refractivity contribution >= 4 is 54.8 Å². The topological polar surface area (TPSA) is 20.2 Å². The monoisotopic (exact) mass is 412 g/mol. The fraction of sp³-hybridized carbons (Fsp3) is 0.167. The Morgan fingerprint density at radius 3 is 2.56 bits per heavy atom. The number of aliphatic hydroxyl groups is 1. The van der Waals surface area contributed by atoms with Gasteiger partial charge in [-0.1, -0.05) is 17.7 Å². The van der Waals surface area contributed by atoms with Gasteiger partial charge in [0.1, 0.15) is 11.9 Å². The molecule has 0 aliphatic heterocycles. The maximum Gasteiger partial charge on any atom is 0.149 e. The summed E-state index contributed by atoms with van der Waals surface area (Å²) in [7, 11) is 0. The van der Waals surface area contributed by atoms with Crippen molar-refractivity contribution < 1.29 is 9.50 Å². The van der Waals surface area contributed by atoms with Crippen LogP contribution in [-0.2, 0) is 0 Å². The molecule has 2 aromatic rings. The number of thiophene rings is 1. The van der Waals surface area contributed by atoms with Crippen molar-refractivity contribution in [2.24, 2.45) is 0 Å². The van der Waals surface area contributed by atoms with Crippen molar-refractivity contribution in [3.05, 3.63) is 53.3 Å². The van der Waals surface area contributed by atoms with E-state index in [1.165, 1.54) is 17.4 Å². The van der Waals surface area contributed by atoms with Crippen LogP contribution >= 0.6 is 54.8 Å². The third kappa shape index (κ3) is 2.65. The van der Waals surface area contributed by atoms with Gasteiger partial charge in [0.25, 0.3) is 0 Å². The average Bonchev–Trinajstić information content (AvgIpc) is 2.66. The maximum absolute atomic E-state index is 14.0. The minimum atomic E-state index is -1.01. The van der Waals surface area contributed by atoms with Crippen LogP contribution in [0.25, 0.3) is 0 Å². The van der Waals surface area contributed by atoms with E-state index < -0.39 is 11.9 Å². The summed E-state index contributed by atoms with van der Waals surface area (Å²) in [5.74, 6) is -0.597. The van der Waals surface area contributed by atoms with Crippen molar-refractivity contribution in [3.8, 4) is 0 Å². The van der Waals surface area contributed by atoms with Gasteiger partial charge < -0.3 is 5.11 Å². The summed E-state index contributed by atoms with van der Waals surface area (Å²) in [4.78, 5) is 1.71. The average molecular weight is 415 g/mol. The van der Waals surface area contributed by atoms with Crippen LogP contribution in [0.4, 0.5) is 4.39 Å². The highest BCUT2D eigenvalue weighted by Gasteiger charge is 2.20. The first-order valence-corrected chi connectivity index (χ1v) is 7.77. The lowest BCUT2D eigenvalue weighted by molar-refractivity contribution is 0.218. The quantitative estimate of drug-likeness (QED) is 0.648. The first kappa shape index (κ1) is 14.5. The van der Waals surface area contributed by atoms with Crippen LogP contribution < -0.4 is 0 Å². The molecular weight excluding hydrogens is 406 g/mol. The fourth-order valence-electron chi connectivity index (χ4n) is 1.52. The number of hydrogen-bond acceptors (Lipinski definition) is 2. The molecule has 1 atom stereocenters. The molecule has 1 unspecified atom stereocenters. The lowest BCUT2D eigenvalue weighted by Gasteiger charge is -2.11. The number of aliphatic hydroxyl groups excluding tert-OH is 1. The van der Waals surface area contributed by atoms with E-state index in [0.717, 1.165) is 9.35 Å². The zero-order valence-corrected chi connectivity index (χ0v) is 13.9. The number of benzene rings is 1. The standard InChI is InChI=1S/C12H8Br2ClFOS/c1-5-8(14)4-9(18-5)12(17)6-2-3-7(13)10(15)11(6)16/h2-4,12,17H,1H3. The molecule has 2 rings (SSSR count). The molecule has 0 fully saturated rings. The van der Waals surface area contributed by atoms with E-state index in [4.69, 9.17) is 11.6 Å². The molecule has 0 bridgehead atoms. The van der Waals surface area contributed by atoms with Gasteiger partial charge in [-0.3, -0.25) is 0 Å². The molecule has 0 saturated heterocycles. The zero-order chi connectivity index (χ0) is 13.4. The highest BCUT2D eigenvalue weighted by atomic mass is 79.9. The summed E-state index contributed by atoms with van der Waals surface area (Å²) >= 11 is 13.7. The van der Waals surface area contributed by atoms with Crippen LogP contribution in [0.5, 0.6) is 0 Å². The summed E-state index contributed by atoms with van der Waals surface area (Å²) in [5.41, 5.74) is 0.178. The van der Waals surface area contributed by atoms with E-state index in [9.17, 15) is 9.50 Å². The summed E-state index contributed by atoms with van der Waals surface area (Å²) in [6, 6.07) is 4.94. The normalized spacial score (nSPS) is 12.8. The van der Waals surface area contributed by atoms with Gasteiger partial charge in [0.05, 0.1) is 5.02 Å². The lowest BCUT2D eigenvalue weighted by Crippen LogP contribution is -2.01. The molecule has 0 amide bonds. The molecule has 96 valence electrons. The van der Waals surface area contributed by atoms with Crippen molar-refractivity contribution in [1.29, 1.82) is 0 Å². The third-order valence-electron chi connectivity index (χ3n) is 2.51. The smallest absolute Gasteiger partial charge is 0.149 e. The molecule has 0 radical (unpaired) electrons. The van der Waals surface area contributed by atoms with E-state index in [0.29, 0.717) is 9.35 Å². The van der Waals surface area contributed by atoms with Crippen molar-refractivity contribution in [1.82, 2.24) is 0 Å². The first-order chi connectivity index (χ1) is 8.41. The fourth-order valence-corrected chi connectivity index (χ4v) is 3.57. The number of halogens is 4. The predicted molar refractivity (Wildman–Crippen MR) is 79.9 cm³/mol. The van der Waals surface area contributed by atoms with Crippen LogP contribution in [0.15, 0.2) is 27.1 Å². The molecule has 0 saturated carbocycles. The third-order valence-corrected chi connectivity index (χ3v) is 5.95. The molecule has 1 aromatic carbocycles. The Bertz CT molecular complexity index is 581. The molecule has 18 heavy (non-hydrogen) atoms. The van der Waals surface area contributed by atoms with Crippen molar-refractivity contribution in [3.63, 3.8) is 0 Å². The Morgan fingerprint density at radius 2 is 2.00 bits per heavy atom. The zero-order valence-electron chi connectivity index (χ0n) is 9.18. The van der Waals surface area contributed by atoms with Crippen LogP contribution in [0.2, 0.25) is 5.02 Å². The van der Waals surface area contributed by atoms with Crippen LogP contribution in [-0.4, -0.2) is 5.11 Å². The number of hydrogen-bond donors (Lipinski definition) is 1. The molecule has 0 aliphatic rings. The molecule has 1 nitrogen and oxygen atoms in total. The van der Waals surface area contributed by atoms with Gasteiger partial charge in [0.2, 0.25) is 0 Å². The van der Waals surface area contributed by atoms with Crippen LogP contribution in [0.1, 0.15) is 21.4 Å². The molecule has 1 aromatic heterocycles. The highest BCUT2D eigenvalue weighted by molar-refractivity contribution is 9.10. The summed E-state index contributed by atoms with van der Waals surface area (Å²) < 4.78 is 15.4. The van der Waals surface area contributed by atoms with Crippen LogP contribution in [0.3, 0.4) is 0 Å². The highest BCUT2D eigenvalue weighted by Crippen LogP contribution is 2.37. The second-order valence-corrected chi connectivity index (χ2v) is 7.09. The van der Waals surface area contributed by atoms with Gasteiger partial charge in [-0.05, 0) is 50.9 Å². The Balaban J connectivity index is 2.46. The number of aryl methyl sites for hydroxylation is 1. The summed E-state index contributed by atoms with van der Waals surface area (Å²) in [6.45, 7) is 1.93. The minimum absolute atomic E-state index is 0.0149. The van der Waals surface area contributed by atoms with E-state index in [-0.39, 0.29) is 10.6 Å². The Kier molecular flexibility index (Phi) is 4.49. The molecular formula is C12H8Br2ClFOS. The van der Waals surface area contributed by atoms with E-state index in [1.54, 1.807) is 12.1 Å². The van der Waals surface area contributed by atoms with Gasteiger partial charge in [-0.2, -0.15) is 0 Å². The van der Waals surface area contributed by atoms with Crippen molar-refractivity contribution in [2.75, 3.05) is 0 Å². The second-order valence-electron chi connectivity index (χ2n) is 3.72. The van der Waals surface area contributed by atoms with E-state index in [1.807, 2.05) is 6.92 Å². The van der Waals surface area contributed by atoms with Gasteiger partial charge in [0.15, 0.2) is 0 Å².